The van der Waals surface area contributed by atoms with Crippen molar-refractivity contribution < 1.29 is 9.53 Å². The number of allylic oxidation sites excluding steroid dienone is 2. The molecule has 0 bridgehead atoms. The third-order valence-electron chi connectivity index (χ3n) is 15.8. The normalized spacial score (nSPS) is 42.3. The number of ether oxygens (including phenoxy) is 1. The van der Waals surface area contributed by atoms with Crippen LogP contribution in [0.5, 0.6) is 0 Å². The summed E-state index contributed by atoms with van der Waals surface area (Å²) in [5.41, 5.74) is 1.40. The van der Waals surface area contributed by atoms with E-state index in [9.17, 15) is 4.79 Å². The monoisotopic (exact) mass is 637 g/mol. The molecule has 264 valence electrons. The van der Waals surface area contributed by atoms with Gasteiger partial charge in [0.1, 0.15) is 6.10 Å². The van der Waals surface area contributed by atoms with Gasteiger partial charge in [0, 0.05) is 6.42 Å². The minimum atomic E-state index is 0.0768. The van der Waals surface area contributed by atoms with E-state index in [4.69, 9.17) is 4.74 Å². The molecule has 0 aromatic rings. The lowest BCUT2D eigenvalue weighted by Crippen LogP contribution is -2.59. The van der Waals surface area contributed by atoms with Crippen molar-refractivity contribution in [3.63, 3.8) is 0 Å². The first-order valence-electron chi connectivity index (χ1n) is 20.6. The Kier molecular flexibility index (Phi) is 11.9. The van der Waals surface area contributed by atoms with Crippen LogP contribution in [0.2, 0.25) is 0 Å². The zero-order valence-corrected chi connectivity index (χ0v) is 32.0. The van der Waals surface area contributed by atoms with Gasteiger partial charge in [-0.05, 0) is 146 Å². The number of carbonyl (C=O) groups excluding carboxylic acids is 1. The predicted molar refractivity (Wildman–Crippen MR) is 195 cm³/mol. The Bertz CT molecular complexity index is 1030. The van der Waals surface area contributed by atoms with Crippen LogP contribution in [0.3, 0.4) is 0 Å². The van der Waals surface area contributed by atoms with Crippen molar-refractivity contribution in [1.29, 1.82) is 0 Å². The largest absolute Gasteiger partial charge is 0.462 e. The van der Waals surface area contributed by atoms with Gasteiger partial charge in [-0.15, -0.1) is 0 Å². The third kappa shape index (κ3) is 7.98. The highest BCUT2D eigenvalue weighted by molar-refractivity contribution is 5.69. The van der Waals surface area contributed by atoms with Gasteiger partial charge >= 0.3 is 5.97 Å². The molecule has 5 aliphatic carbocycles. The fourth-order valence-electron chi connectivity index (χ4n) is 12.6. The van der Waals surface area contributed by atoms with Gasteiger partial charge in [-0.1, -0.05) is 113 Å². The Morgan fingerprint density at radius 3 is 2.02 bits per heavy atom. The molecule has 0 amide bonds. The third-order valence-corrected chi connectivity index (χ3v) is 15.8. The fraction of sp³-hybridized carbons (Fsp3) is 0.932. The maximum Gasteiger partial charge on any atom is 0.306 e. The highest BCUT2D eigenvalue weighted by Crippen LogP contribution is 2.73. The summed E-state index contributed by atoms with van der Waals surface area (Å²) >= 11 is 0. The number of rotatable bonds is 15. The highest BCUT2D eigenvalue weighted by Gasteiger charge is 2.65. The van der Waals surface area contributed by atoms with Gasteiger partial charge in [-0.2, -0.15) is 0 Å². The van der Waals surface area contributed by atoms with Crippen LogP contribution in [-0.4, -0.2) is 12.1 Å². The van der Waals surface area contributed by atoms with Crippen LogP contribution in [0.1, 0.15) is 178 Å². The summed E-state index contributed by atoms with van der Waals surface area (Å²) in [4.78, 5) is 13.0. The van der Waals surface area contributed by atoms with E-state index in [2.05, 4.69) is 74.5 Å². The second kappa shape index (κ2) is 15.0. The Morgan fingerprint density at radius 1 is 0.739 bits per heavy atom. The standard InChI is InChI=1S/C44H76O2/c1-30(2)12-10-13-31(3)14-11-15-32(4)16-21-41(45)46-37-23-26-42(7)36(29-37)22-25-44(9)39-20-19-38(43(39,8)27-24-40(42)44)33(5)17-18-35-28-34(35)6/h17-18,30-40H,10-16,19-29H2,1-9H3/b18-17+/t31?,32?,33-,34?,35?,36+,37+,38-,39-,40-,42+,43-,44+/m1/s1. The first kappa shape index (κ1) is 36.5. The van der Waals surface area contributed by atoms with Crippen LogP contribution in [0, 0.1) is 75.4 Å². The molecule has 2 nitrogen and oxygen atoms in total. The Hall–Kier alpha value is -0.790. The maximum absolute atomic E-state index is 13.0. The lowest BCUT2D eigenvalue weighted by atomic mass is 9.39. The second-order valence-corrected chi connectivity index (χ2v) is 19.6. The zero-order chi connectivity index (χ0) is 33.3. The number of hydrogen-bond acceptors (Lipinski definition) is 2. The summed E-state index contributed by atoms with van der Waals surface area (Å²) in [5.74, 6) is 8.16. The lowest BCUT2D eigenvalue weighted by molar-refractivity contribution is -0.184. The van der Waals surface area contributed by atoms with Crippen molar-refractivity contribution in [1.82, 2.24) is 0 Å². The quantitative estimate of drug-likeness (QED) is 0.132. The Labute approximate surface area is 286 Å². The zero-order valence-electron chi connectivity index (χ0n) is 32.0. The topological polar surface area (TPSA) is 26.3 Å². The first-order valence-corrected chi connectivity index (χ1v) is 20.6. The Balaban J connectivity index is 1.07. The van der Waals surface area contributed by atoms with Crippen LogP contribution in [0.4, 0.5) is 0 Å². The van der Waals surface area contributed by atoms with E-state index in [-0.39, 0.29) is 12.1 Å². The van der Waals surface area contributed by atoms with Gasteiger partial charge in [0.05, 0.1) is 0 Å². The van der Waals surface area contributed by atoms with Gasteiger partial charge in [-0.25, -0.2) is 0 Å². The molecule has 0 radical (unpaired) electrons. The van der Waals surface area contributed by atoms with Crippen LogP contribution in [0.25, 0.3) is 0 Å². The molecule has 5 saturated carbocycles. The molecule has 0 spiro atoms. The van der Waals surface area contributed by atoms with Crippen LogP contribution >= 0.6 is 0 Å². The average Bonchev–Trinajstić information content (AvgIpc) is 3.58. The maximum atomic E-state index is 13.0. The van der Waals surface area contributed by atoms with Crippen molar-refractivity contribution in [2.24, 2.45) is 75.4 Å². The molecule has 2 heteroatoms. The summed E-state index contributed by atoms with van der Waals surface area (Å²) in [6, 6.07) is 0. The van der Waals surface area contributed by atoms with Gasteiger partial charge in [0.2, 0.25) is 0 Å². The smallest absolute Gasteiger partial charge is 0.306 e. The van der Waals surface area contributed by atoms with Gasteiger partial charge in [-0.3, -0.25) is 4.79 Å². The van der Waals surface area contributed by atoms with E-state index in [0.29, 0.717) is 28.6 Å². The van der Waals surface area contributed by atoms with Gasteiger partial charge < -0.3 is 4.74 Å². The molecular weight excluding hydrogens is 560 g/mol. The van der Waals surface area contributed by atoms with E-state index in [1.54, 1.807) is 0 Å². The van der Waals surface area contributed by atoms with Crippen LogP contribution in [-0.2, 0) is 9.53 Å². The molecule has 0 heterocycles. The lowest BCUT2D eigenvalue weighted by Gasteiger charge is -2.66. The summed E-state index contributed by atoms with van der Waals surface area (Å²) in [5, 5.41) is 0. The van der Waals surface area contributed by atoms with Crippen molar-refractivity contribution >= 4 is 5.97 Å². The minimum absolute atomic E-state index is 0.0768. The highest BCUT2D eigenvalue weighted by atomic mass is 16.5. The van der Waals surface area contributed by atoms with Crippen molar-refractivity contribution in [3.05, 3.63) is 12.2 Å². The van der Waals surface area contributed by atoms with Crippen LogP contribution < -0.4 is 0 Å². The summed E-state index contributed by atoms with van der Waals surface area (Å²) in [6.07, 6.45) is 28.3. The molecule has 13 atom stereocenters. The molecule has 0 aromatic carbocycles. The SMILES string of the molecule is CC(C)CCCC(C)CCCC(C)CCC(=O)O[C@H]1CC[C@@]2(C)[C@@H](CC[C@]3(C)[C@@H]2CC[C@@]2(C)[C@H]3CC[C@@H]2[C@H](C)/C=C/C2CC2C)C1. The fourth-order valence-corrected chi connectivity index (χ4v) is 12.6. The molecule has 5 aliphatic rings. The van der Waals surface area contributed by atoms with E-state index in [0.717, 1.165) is 72.5 Å². The minimum Gasteiger partial charge on any atom is -0.462 e. The number of carbonyl (C=O) groups is 1. The molecule has 0 saturated heterocycles. The second-order valence-electron chi connectivity index (χ2n) is 19.6. The molecule has 5 rings (SSSR count). The van der Waals surface area contributed by atoms with E-state index >= 15 is 0 Å². The average molecular weight is 637 g/mol. The molecule has 0 aromatic heterocycles. The summed E-state index contributed by atoms with van der Waals surface area (Å²) in [7, 11) is 0. The van der Waals surface area contributed by atoms with Gasteiger partial charge in [0.25, 0.3) is 0 Å². The number of fused-ring (bicyclic) bond motifs is 5. The van der Waals surface area contributed by atoms with Crippen molar-refractivity contribution in [3.8, 4) is 0 Å². The first-order chi connectivity index (χ1) is 21.8. The molecule has 0 N–H and O–H groups in total. The molecular formula is C44H76O2. The molecule has 5 fully saturated rings. The van der Waals surface area contributed by atoms with E-state index < -0.39 is 0 Å². The molecule has 4 unspecified atom stereocenters. The van der Waals surface area contributed by atoms with Crippen molar-refractivity contribution in [2.75, 3.05) is 0 Å². The summed E-state index contributed by atoms with van der Waals surface area (Å²) < 4.78 is 6.23. The molecule has 46 heavy (non-hydrogen) atoms. The van der Waals surface area contributed by atoms with Gasteiger partial charge in [0.15, 0.2) is 0 Å². The Morgan fingerprint density at radius 2 is 1.35 bits per heavy atom. The predicted octanol–water partition coefficient (Wildman–Crippen LogP) is 12.8. The number of hydrogen-bond donors (Lipinski definition) is 0. The van der Waals surface area contributed by atoms with Crippen molar-refractivity contribution in [2.45, 2.75) is 184 Å². The van der Waals surface area contributed by atoms with E-state index in [1.165, 1.54) is 89.9 Å². The number of esters is 1. The molecule has 0 aliphatic heterocycles. The summed E-state index contributed by atoms with van der Waals surface area (Å²) in [6.45, 7) is 22.5. The van der Waals surface area contributed by atoms with Crippen LogP contribution in [0.15, 0.2) is 12.2 Å². The van der Waals surface area contributed by atoms with E-state index in [1.807, 2.05) is 0 Å².